The van der Waals surface area contributed by atoms with E-state index in [2.05, 4.69) is 10.2 Å². The molecule has 0 radical (unpaired) electrons. The molecule has 2 N–H and O–H groups in total. The van der Waals surface area contributed by atoms with Gasteiger partial charge in [0.2, 0.25) is 11.7 Å². The van der Waals surface area contributed by atoms with Crippen LogP contribution in [0.2, 0.25) is 0 Å². The molecule has 4 aromatic rings. The third-order valence-electron chi connectivity index (χ3n) is 3.64. The van der Waals surface area contributed by atoms with Gasteiger partial charge in [-0.1, -0.05) is 48.2 Å². The topological polar surface area (TPSA) is 86.9 Å². The highest BCUT2D eigenvalue weighted by molar-refractivity contribution is 7.99. The molecule has 0 fully saturated rings. The largest absolute Gasteiger partial charge is 0.453 e. The summed E-state index contributed by atoms with van der Waals surface area (Å²) in [6.45, 7) is 0. The van der Waals surface area contributed by atoms with Gasteiger partial charge in [-0.15, -0.1) is 10.2 Å². The first-order valence-electron chi connectivity index (χ1n) is 7.63. The Kier molecular flexibility index (Phi) is 3.99. The van der Waals surface area contributed by atoms with Crippen LogP contribution in [0, 0.1) is 0 Å². The van der Waals surface area contributed by atoms with Gasteiger partial charge < -0.3 is 10.2 Å². The second-order valence-corrected chi connectivity index (χ2v) is 6.32. The van der Waals surface area contributed by atoms with Crippen molar-refractivity contribution in [2.45, 2.75) is 5.16 Å². The van der Waals surface area contributed by atoms with Gasteiger partial charge in [0.25, 0.3) is 0 Å². The van der Waals surface area contributed by atoms with Crippen molar-refractivity contribution in [3.8, 4) is 17.3 Å². The lowest BCUT2D eigenvalue weighted by molar-refractivity contribution is -0.115. The SMILES string of the molecule is NC(=O)CSc1nnc(-c2cc3ccccc3o2)n1-c1ccccc1. The van der Waals surface area contributed by atoms with Gasteiger partial charge in [-0.25, -0.2) is 0 Å². The van der Waals surface area contributed by atoms with E-state index in [9.17, 15) is 4.79 Å². The standard InChI is InChI=1S/C18H14N4O2S/c19-16(23)11-25-18-21-20-17(22(18)13-7-2-1-3-8-13)15-10-12-6-4-5-9-14(12)24-15/h1-10H,11H2,(H2,19,23). The maximum absolute atomic E-state index is 11.1. The highest BCUT2D eigenvalue weighted by atomic mass is 32.2. The molecule has 0 aliphatic heterocycles. The fourth-order valence-electron chi connectivity index (χ4n) is 2.56. The van der Waals surface area contributed by atoms with Gasteiger partial charge in [0.15, 0.2) is 10.9 Å². The monoisotopic (exact) mass is 350 g/mol. The van der Waals surface area contributed by atoms with Gasteiger partial charge in [0.1, 0.15) is 5.58 Å². The van der Waals surface area contributed by atoms with Crippen LogP contribution >= 0.6 is 11.8 Å². The van der Waals surface area contributed by atoms with Crippen molar-refractivity contribution in [3.63, 3.8) is 0 Å². The summed E-state index contributed by atoms with van der Waals surface area (Å²) in [6, 6.07) is 19.4. The number of nitrogens with zero attached hydrogens (tertiary/aromatic N) is 3. The second-order valence-electron chi connectivity index (χ2n) is 5.38. The molecule has 0 spiro atoms. The van der Waals surface area contributed by atoms with E-state index in [1.165, 1.54) is 11.8 Å². The molecule has 6 nitrogen and oxygen atoms in total. The van der Waals surface area contributed by atoms with Crippen LogP contribution in [0.4, 0.5) is 0 Å². The van der Waals surface area contributed by atoms with Crippen LogP contribution in [0.25, 0.3) is 28.2 Å². The Hall–Kier alpha value is -3.06. The smallest absolute Gasteiger partial charge is 0.227 e. The van der Waals surface area contributed by atoms with Gasteiger partial charge in [-0.2, -0.15) is 0 Å². The predicted octanol–water partition coefficient (Wildman–Crippen LogP) is 3.26. The number of nitrogens with two attached hydrogens (primary N) is 1. The molecule has 25 heavy (non-hydrogen) atoms. The average molecular weight is 350 g/mol. The zero-order chi connectivity index (χ0) is 17.2. The lowest BCUT2D eigenvalue weighted by Gasteiger charge is -2.08. The first-order valence-corrected chi connectivity index (χ1v) is 8.62. The second kappa shape index (κ2) is 6.45. The fraction of sp³-hybridized carbons (Fsp3) is 0.0556. The van der Waals surface area contributed by atoms with Crippen LogP contribution in [0.15, 0.2) is 70.2 Å². The van der Waals surface area contributed by atoms with Crippen LogP contribution in [0.1, 0.15) is 0 Å². The first-order chi connectivity index (χ1) is 12.2. The van der Waals surface area contributed by atoms with Crippen LogP contribution in [0.3, 0.4) is 0 Å². The highest BCUT2D eigenvalue weighted by Crippen LogP contribution is 2.31. The molecule has 0 atom stereocenters. The summed E-state index contributed by atoms with van der Waals surface area (Å²) in [6.07, 6.45) is 0. The number of hydrogen-bond acceptors (Lipinski definition) is 5. The van der Waals surface area contributed by atoms with Gasteiger partial charge in [-0.05, 0) is 24.3 Å². The van der Waals surface area contributed by atoms with Crippen molar-refractivity contribution in [2.24, 2.45) is 5.73 Å². The lowest BCUT2D eigenvalue weighted by atomic mass is 10.2. The number of benzene rings is 2. The molecule has 1 amide bonds. The van der Waals surface area contributed by atoms with Gasteiger partial charge in [0, 0.05) is 11.1 Å². The molecule has 7 heteroatoms. The van der Waals surface area contributed by atoms with Crippen molar-refractivity contribution >= 4 is 28.6 Å². The van der Waals surface area contributed by atoms with Crippen LogP contribution in [-0.4, -0.2) is 26.4 Å². The number of rotatable bonds is 5. The maximum Gasteiger partial charge on any atom is 0.227 e. The number of para-hydroxylation sites is 2. The van der Waals surface area contributed by atoms with Gasteiger partial charge in [-0.3, -0.25) is 9.36 Å². The number of aromatic nitrogens is 3. The summed E-state index contributed by atoms with van der Waals surface area (Å²) in [7, 11) is 0. The number of hydrogen-bond donors (Lipinski definition) is 1. The van der Waals surface area contributed by atoms with Crippen molar-refractivity contribution in [1.29, 1.82) is 0 Å². The molecule has 2 aromatic heterocycles. The van der Waals surface area contributed by atoms with E-state index < -0.39 is 5.91 Å². The Morgan fingerprint density at radius 3 is 2.60 bits per heavy atom. The molecule has 0 saturated carbocycles. The molecule has 0 aliphatic carbocycles. The molecule has 2 heterocycles. The molecule has 0 bridgehead atoms. The third kappa shape index (κ3) is 3.01. The molecule has 124 valence electrons. The van der Waals surface area contributed by atoms with E-state index in [-0.39, 0.29) is 5.75 Å². The molecule has 0 unspecified atom stereocenters. The Morgan fingerprint density at radius 1 is 1.08 bits per heavy atom. The summed E-state index contributed by atoms with van der Waals surface area (Å²) in [5.41, 5.74) is 6.93. The van der Waals surface area contributed by atoms with Crippen LogP contribution in [-0.2, 0) is 4.79 Å². The Balaban J connectivity index is 1.85. The highest BCUT2D eigenvalue weighted by Gasteiger charge is 2.19. The van der Waals surface area contributed by atoms with Crippen LogP contribution in [0.5, 0.6) is 0 Å². The number of carbonyl (C=O) groups excluding carboxylic acids is 1. The Labute approximate surface area is 147 Å². The number of fused-ring (bicyclic) bond motifs is 1. The third-order valence-corrected chi connectivity index (χ3v) is 4.59. The molecule has 4 rings (SSSR count). The Bertz CT molecular complexity index is 1010. The predicted molar refractivity (Wildman–Crippen MR) is 96.5 cm³/mol. The zero-order valence-corrected chi connectivity index (χ0v) is 13.9. The van der Waals surface area contributed by atoms with E-state index in [1.54, 1.807) is 0 Å². The summed E-state index contributed by atoms with van der Waals surface area (Å²) in [5, 5.41) is 10.1. The molecular formula is C18H14N4O2S. The molecule has 2 aromatic carbocycles. The summed E-state index contributed by atoms with van der Waals surface area (Å²) in [4.78, 5) is 11.1. The summed E-state index contributed by atoms with van der Waals surface area (Å²) in [5.74, 6) is 0.918. The van der Waals surface area contributed by atoms with E-state index in [1.807, 2.05) is 65.2 Å². The van der Waals surface area contributed by atoms with Crippen LogP contribution < -0.4 is 5.73 Å². The van der Waals surface area contributed by atoms with Crippen molar-refractivity contribution in [3.05, 3.63) is 60.7 Å². The minimum absolute atomic E-state index is 0.130. The number of thioether (sulfide) groups is 1. The summed E-state index contributed by atoms with van der Waals surface area (Å²) >= 11 is 1.25. The number of primary amides is 1. The van der Waals surface area contributed by atoms with E-state index >= 15 is 0 Å². The van der Waals surface area contributed by atoms with Crippen molar-refractivity contribution in [2.75, 3.05) is 5.75 Å². The first kappa shape index (κ1) is 15.5. The lowest BCUT2D eigenvalue weighted by Crippen LogP contribution is -2.13. The maximum atomic E-state index is 11.1. The number of amides is 1. The van der Waals surface area contributed by atoms with E-state index in [0.717, 1.165) is 16.7 Å². The number of furan rings is 1. The zero-order valence-electron chi connectivity index (χ0n) is 13.1. The molecular weight excluding hydrogens is 336 g/mol. The summed E-state index contributed by atoms with van der Waals surface area (Å²) < 4.78 is 7.80. The Morgan fingerprint density at radius 2 is 1.84 bits per heavy atom. The average Bonchev–Trinajstić information content (AvgIpc) is 3.24. The normalized spacial score (nSPS) is 11.0. The molecule has 0 saturated heterocycles. The van der Waals surface area contributed by atoms with Gasteiger partial charge in [0.05, 0.1) is 5.75 Å². The van der Waals surface area contributed by atoms with E-state index in [0.29, 0.717) is 16.7 Å². The van der Waals surface area contributed by atoms with Crippen molar-refractivity contribution in [1.82, 2.24) is 14.8 Å². The fourth-order valence-corrected chi connectivity index (χ4v) is 3.25. The molecule has 0 aliphatic rings. The number of carbonyl (C=O) groups is 1. The van der Waals surface area contributed by atoms with E-state index in [4.69, 9.17) is 10.2 Å². The van der Waals surface area contributed by atoms with Crippen molar-refractivity contribution < 1.29 is 9.21 Å². The minimum Gasteiger partial charge on any atom is -0.453 e. The minimum atomic E-state index is -0.405. The van der Waals surface area contributed by atoms with Gasteiger partial charge >= 0.3 is 0 Å². The quantitative estimate of drug-likeness (QED) is 0.558.